The molecular formula is C26H21F. The molecule has 0 atom stereocenters. The van der Waals surface area contributed by atoms with Crippen molar-refractivity contribution in [3.63, 3.8) is 0 Å². The van der Waals surface area contributed by atoms with Gasteiger partial charge in [0.1, 0.15) is 5.82 Å². The van der Waals surface area contributed by atoms with E-state index in [1.807, 2.05) is 61.5 Å². The first kappa shape index (κ1) is 17.2. The summed E-state index contributed by atoms with van der Waals surface area (Å²) in [6, 6.07) is 25.7. The normalized spacial score (nSPS) is 15.2. The number of fused-ring (bicyclic) bond motifs is 1. The van der Waals surface area contributed by atoms with Gasteiger partial charge in [0.2, 0.25) is 0 Å². The average Bonchev–Trinajstić information content (AvgIpc) is 2.99. The molecule has 0 aliphatic heterocycles. The van der Waals surface area contributed by atoms with E-state index in [9.17, 15) is 4.39 Å². The quantitative estimate of drug-likeness (QED) is 0.491. The Labute approximate surface area is 160 Å². The summed E-state index contributed by atoms with van der Waals surface area (Å²) in [6.07, 6.45) is 6.07. The van der Waals surface area contributed by atoms with Gasteiger partial charge in [-0.05, 0) is 52.5 Å². The first-order valence-electron chi connectivity index (χ1n) is 9.14. The van der Waals surface area contributed by atoms with E-state index in [1.165, 1.54) is 6.07 Å². The molecule has 0 bridgehead atoms. The van der Waals surface area contributed by atoms with Crippen LogP contribution in [0, 0.1) is 5.82 Å². The lowest BCUT2D eigenvalue weighted by molar-refractivity contribution is 0.620. The average molecular weight is 352 g/mol. The second-order valence-corrected chi connectivity index (χ2v) is 6.70. The van der Waals surface area contributed by atoms with E-state index in [1.54, 1.807) is 6.07 Å². The largest absolute Gasteiger partial charge is 0.207 e. The van der Waals surface area contributed by atoms with E-state index in [0.717, 1.165) is 33.4 Å². The van der Waals surface area contributed by atoms with Crippen LogP contribution in [0.1, 0.15) is 29.2 Å². The summed E-state index contributed by atoms with van der Waals surface area (Å²) in [5.74, 6) is -0.227. The summed E-state index contributed by atoms with van der Waals surface area (Å²) in [5, 5.41) is 0. The first-order chi connectivity index (χ1) is 13.2. The lowest BCUT2D eigenvalue weighted by Crippen LogP contribution is -2.29. The minimum Gasteiger partial charge on any atom is -0.207 e. The molecular weight excluding hydrogens is 331 g/mol. The molecule has 0 saturated carbocycles. The second-order valence-electron chi connectivity index (χ2n) is 6.70. The molecule has 0 unspecified atom stereocenters. The molecule has 0 fully saturated rings. The SMILES string of the molecule is C=CC1=C(/C=C\C)C(c2ccccc2)(c2ccccc2)c2cc(F)ccc21. The van der Waals surface area contributed by atoms with Crippen molar-refractivity contribution in [1.82, 2.24) is 0 Å². The van der Waals surface area contributed by atoms with Gasteiger partial charge in [-0.15, -0.1) is 0 Å². The van der Waals surface area contributed by atoms with Crippen LogP contribution < -0.4 is 0 Å². The standard InChI is InChI=1S/C26H21F/c1-3-11-24-22(4-2)23-17-16-21(27)18-25(23)26(24,19-12-7-5-8-13-19)20-14-9-6-10-15-20/h3-18H,2H2,1H3/b11-3-. The third-order valence-corrected chi connectivity index (χ3v) is 5.32. The number of rotatable bonds is 4. The molecule has 0 amide bonds. The molecule has 1 aliphatic rings. The fourth-order valence-corrected chi connectivity index (χ4v) is 4.32. The molecule has 4 rings (SSSR count). The van der Waals surface area contributed by atoms with Gasteiger partial charge < -0.3 is 0 Å². The number of hydrogen-bond donors (Lipinski definition) is 0. The van der Waals surface area contributed by atoms with Crippen molar-refractivity contribution < 1.29 is 4.39 Å². The zero-order chi connectivity index (χ0) is 18.9. The van der Waals surface area contributed by atoms with Crippen LogP contribution >= 0.6 is 0 Å². The number of benzene rings is 3. The Morgan fingerprint density at radius 3 is 1.96 bits per heavy atom. The minimum atomic E-state index is -0.573. The Morgan fingerprint density at radius 1 is 0.852 bits per heavy atom. The molecule has 0 saturated heterocycles. The number of halogens is 1. The van der Waals surface area contributed by atoms with Crippen LogP contribution in [0.4, 0.5) is 4.39 Å². The van der Waals surface area contributed by atoms with Gasteiger partial charge in [-0.2, -0.15) is 0 Å². The summed E-state index contributed by atoms with van der Waals surface area (Å²) in [7, 11) is 0. The van der Waals surface area contributed by atoms with Gasteiger partial charge in [-0.25, -0.2) is 4.39 Å². The van der Waals surface area contributed by atoms with Crippen molar-refractivity contribution in [2.45, 2.75) is 12.3 Å². The molecule has 1 aliphatic carbocycles. The van der Waals surface area contributed by atoms with Crippen LogP contribution in [0.5, 0.6) is 0 Å². The fraction of sp³-hybridized carbons (Fsp3) is 0.0769. The highest BCUT2D eigenvalue weighted by Crippen LogP contribution is 2.55. The van der Waals surface area contributed by atoms with E-state index in [4.69, 9.17) is 0 Å². The second kappa shape index (κ2) is 6.85. The van der Waals surface area contributed by atoms with Crippen LogP contribution in [-0.4, -0.2) is 0 Å². The highest BCUT2D eigenvalue weighted by atomic mass is 19.1. The maximum Gasteiger partial charge on any atom is 0.123 e. The molecule has 0 N–H and O–H groups in total. The lowest BCUT2D eigenvalue weighted by atomic mass is 9.66. The highest BCUT2D eigenvalue weighted by Gasteiger charge is 2.46. The van der Waals surface area contributed by atoms with Gasteiger partial charge in [-0.1, -0.05) is 91.5 Å². The van der Waals surface area contributed by atoms with Crippen molar-refractivity contribution in [1.29, 1.82) is 0 Å². The summed E-state index contributed by atoms with van der Waals surface area (Å²) >= 11 is 0. The van der Waals surface area contributed by atoms with Crippen molar-refractivity contribution >= 4 is 5.57 Å². The van der Waals surface area contributed by atoms with E-state index in [2.05, 4.69) is 36.9 Å². The predicted molar refractivity (Wildman–Crippen MR) is 111 cm³/mol. The molecule has 0 heterocycles. The molecule has 3 aromatic carbocycles. The van der Waals surface area contributed by atoms with Crippen molar-refractivity contribution in [2.24, 2.45) is 0 Å². The Kier molecular flexibility index (Phi) is 4.37. The van der Waals surface area contributed by atoms with Crippen LogP contribution in [0.25, 0.3) is 5.57 Å². The Balaban J connectivity index is 2.22. The Morgan fingerprint density at radius 2 is 1.44 bits per heavy atom. The predicted octanol–water partition coefficient (Wildman–Crippen LogP) is 6.69. The topological polar surface area (TPSA) is 0 Å². The van der Waals surface area contributed by atoms with Gasteiger partial charge in [0.25, 0.3) is 0 Å². The fourth-order valence-electron chi connectivity index (χ4n) is 4.32. The lowest BCUT2D eigenvalue weighted by Gasteiger charge is -2.34. The summed E-state index contributed by atoms with van der Waals surface area (Å²) in [5.41, 5.74) is 5.83. The van der Waals surface area contributed by atoms with Crippen LogP contribution in [0.15, 0.2) is 109 Å². The third kappa shape index (κ3) is 2.50. The van der Waals surface area contributed by atoms with Crippen LogP contribution in [0.3, 0.4) is 0 Å². The molecule has 3 aromatic rings. The van der Waals surface area contributed by atoms with Gasteiger partial charge >= 0.3 is 0 Å². The van der Waals surface area contributed by atoms with Gasteiger partial charge in [0.15, 0.2) is 0 Å². The highest BCUT2D eigenvalue weighted by molar-refractivity contribution is 5.91. The smallest absolute Gasteiger partial charge is 0.123 e. The Hall–Kier alpha value is -3.19. The third-order valence-electron chi connectivity index (χ3n) is 5.32. The zero-order valence-corrected chi connectivity index (χ0v) is 15.3. The van der Waals surface area contributed by atoms with Crippen LogP contribution in [-0.2, 0) is 5.41 Å². The van der Waals surface area contributed by atoms with Crippen molar-refractivity contribution in [2.75, 3.05) is 0 Å². The minimum absolute atomic E-state index is 0.227. The molecule has 1 heteroatoms. The van der Waals surface area contributed by atoms with E-state index >= 15 is 0 Å². The summed E-state index contributed by atoms with van der Waals surface area (Å²) in [4.78, 5) is 0. The summed E-state index contributed by atoms with van der Waals surface area (Å²) in [6.45, 7) is 6.08. The first-order valence-corrected chi connectivity index (χ1v) is 9.14. The number of allylic oxidation sites excluding steroid dienone is 5. The molecule has 132 valence electrons. The van der Waals surface area contributed by atoms with Gasteiger partial charge in [0, 0.05) is 0 Å². The van der Waals surface area contributed by atoms with Crippen molar-refractivity contribution in [3.05, 3.63) is 137 Å². The molecule has 0 nitrogen and oxygen atoms in total. The van der Waals surface area contributed by atoms with Gasteiger partial charge in [0.05, 0.1) is 5.41 Å². The van der Waals surface area contributed by atoms with Crippen molar-refractivity contribution in [3.8, 4) is 0 Å². The zero-order valence-electron chi connectivity index (χ0n) is 15.3. The molecule has 0 spiro atoms. The molecule has 27 heavy (non-hydrogen) atoms. The maximum atomic E-state index is 14.4. The van der Waals surface area contributed by atoms with Crippen LogP contribution in [0.2, 0.25) is 0 Å². The number of hydrogen-bond acceptors (Lipinski definition) is 0. The Bertz CT molecular complexity index is 1000. The molecule has 0 aromatic heterocycles. The monoisotopic (exact) mass is 352 g/mol. The van der Waals surface area contributed by atoms with Gasteiger partial charge in [-0.3, -0.25) is 0 Å². The summed E-state index contributed by atoms with van der Waals surface area (Å²) < 4.78 is 14.4. The molecule has 0 radical (unpaired) electrons. The maximum absolute atomic E-state index is 14.4. The van der Waals surface area contributed by atoms with E-state index < -0.39 is 5.41 Å². The van der Waals surface area contributed by atoms with E-state index in [0.29, 0.717) is 0 Å². The van der Waals surface area contributed by atoms with E-state index in [-0.39, 0.29) is 5.82 Å².